The van der Waals surface area contributed by atoms with Crippen LogP contribution in [0.3, 0.4) is 0 Å². The lowest BCUT2D eigenvalue weighted by molar-refractivity contribution is -0.272. The zero-order valence-corrected chi connectivity index (χ0v) is 19.8. The largest absolute Gasteiger partial charge is 0.393 e. The lowest BCUT2D eigenvalue weighted by atomic mass is 9.46. The maximum atomic E-state index is 11.1. The molecule has 1 spiro atoms. The van der Waals surface area contributed by atoms with Crippen LogP contribution in [0.5, 0.6) is 0 Å². The van der Waals surface area contributed by atoms with E-state index in [1.54, 1.807) is 0 Å². The molecule has 0 aromatic rings. The van der Waals surface area contributed by atoms with Gasteiger partial charge in [-0.2, -0.15) is 0 Å². The lowest BCUT2D eigenvalue weighted by Crippen LogP contribution is -2.56. The van der Waals surface area contributed by atoms with Gasteiger partial charge in [0.15, 0.2) is 5.79 Å². The molecule has 6 aliphatic rings. The van der Waals surface area contributed by atoms with E-state index < -0.39 is 6.10 Å². The van der Waals surface area contributed by atoms with Crippen molar-refractivity contribution in [2.45, 2.75) is 103 Å². The highest BCUT2D eigenvalue weighted by Gasteiger charge is 2.69. The molecule has 12 atom stereocenters. The maximum Gasteiger partial charge on any atom is 0.171 e. The molecule has 2 aliphatic heterocycles. The quantitative estimate of drug-likeness (QED) is 0.548. The summed E-state index contributed by atoms with van der Waals surface area (Å²) in [5, 5.41) is 21.4. The van der Waals surface area contributed by atoms with E-state index in [2.05, 4.69) is 33.8 Å². The summed E-state index contributed by atoms with van der Waals surface area (Å²) in [4.78, 5) is 0. The highest BCUT2D eigenvalue weighted by Crippen LogP contribution is 2.70. The van der Waals surface area contributed by atoms with Gasteiger partial charge in [0.2, 0.25) is 0 Å². The Labute approximate surface area is 187 Å². The molecule has 174 valence electrons. The molecule has 3 saturated carbocycles. The fraction of sp³-hybridized carbons (Fsp3) is 0.926. The second-order valence-electron chi connectivity index (χ2n) is 12.8. The lowest BCUT2D eigenvalue weighted by Gasteiger charge is -2.59. The van der Waals surface area contributed by atoms with Crippen molar-refractivity contribution < 1.29 is 19.7 Å². The number of allylic oxidation sites excluding steroid dienone is 1. The summed E-state index contributed by atoms with van der Waals surface area (Å²) in [5.74, 6) is 3.17. The Morgan fingerprint density at radius 3 is 2.58 bits per heavy atom. The van der Waals surface area contributed by atoms with E-state index in [9.17, 15) is 10.2 Å². The summed E-state index contributed by atoms with van der Waals surface area (Å²) in [7, 11) is 0. The zero-order valence-electron chi connectivity index (χ0n) is 19.8. The van der Waals surface area contributed by atoms with E-state index in [1.165, 1.54) is 24.8 Å². The molecule has 5 fully saturated rings. The van der Waals surface area contributed by atoms with Crippen LogP contribution < -0.4 is 0 Å². The van der Waals surface area contributed by atoms with E-state index in [-0.39, 0.29) is 17.3 Å². The van der Waals surface area contributed by atoms with E-state index in [0.717, 1.165) is 32.3 Å². The van der Waals surface area contributed by atoms with Crippen LogP contribution in [0.2, 0.25) is 0 Å². The summed E-state index contributed by atoms with van der Waals surface area (Å²) in [5.41, 5.74) is 1.48. The molecule has 0 bridgehead atoms. The number of aliphatic hydroxyl groups is 2. The smallest absolute Gasteiger partial charge is 0.171 e. The normalized spacial score (nSPS) is 60.7. The molecule has 2 N–H and O–H groups in total. The monoisotopic (exact) mass is 430 g/mol. The van der Waals surface area contributed by atoms with Crippen LogP contribution in [0.4, 0.5) is 0 Å². The minimum Gasteiger partial charge on any atom is -0.393 e. The highest BCUT2D eigenvalue weighted by atomic mass is 16.7. The molecule has 2 saturated heterocycles. The number of aliphatic hydroxyl groups excluding tert-OH is 2. The van der Waals surface area contributed by atoms with Crippen molar-refractivity contribution in [1.82, 2.24) is 0 Å². The number of rotatable bonds is 0. The van der Waals surface area contributed by atoms with Crippen LogP contribution in [0, 0.1) is 46.3 Å². The Morgan fingerprint density at radius 1 is 1.03 bits per heavy atom. The molecule has 0 unspecified atom stereocenters. The van der Waals surface area contributed by atoms with E-state index in [0.29, 0.717) is 53.4 Å². The van der Waals surface area contributed by atoms with E-state index in [1.807, 2.05) is 0 Å². The van der Waals surface area contributed by atoms with Crippen LogP contribution >= 0.6 is 0 Å². The Balaban J connectivity index is 1.29. The molecule has 31 heavy (non-hydrogen) atoms. The topological polar surface area (TPSA) is 58.9 Å². The van der Waals surface area contributed by atoms with Crippen LogP contribution in [-0.4, -0.2) is 40.9 Å². The summed E-state index contributed by atoms with van der Waals surface area (Å²) in [6.07, 6.45) is 10.2. The van der Waals surface area contributed by atoms with Gasteiger partial charge in [-0.25, -0.2) is 0 Å². The average Bonchev–Trinajstić information content (AvgIpc) is 3.16. The molecule has 6 rings (SSSR count). The summed E-state index contributed by atoms with van der Waals surface area (Å²) >= 11 is 0. The van der Waals surface area contributed by atoms with E-state index in [4.69, 9.17) is 9.47 Å². The third kappa shape index (κ3) is 2.68. The summed E-state index contributed by atoms with van der Waals surface area (Å²) in [6.45, 7) is 10.4. The van der Waals surface area contributed by atoms with Crippen molar-refractivity contribution in [1.29, 1.82) is 0 Å². The second-order valence-corrected chi connectivity index (χ2v) is 12.8. The summed E-state index contributed by atoms with van der Waals surface area (Å²) in [6, 6.07) is 0. The van der Waals surface area contributed by atoms with Gasteiger partial charge in [0.25, 0.3) is 0 Å². The predicted octanol–water partition coefficient (Wildman–Crippen LogP) is 4.68. The predicted molar refractivity (Wildman–Crippen MR) is 119 cm³/mol. The minimum atomic E-state index is -0.420. The molecule has 4 aliphatic carbocycles. The highest BCUT2D eigenvalue weighted by molar-refractivity contribution is 5.28. The van der Waals surface area contributed by atoms with Crippen molar-refractivity contribution >= 4 is 0 Å². The van der Waals surface area contributed by atoms with Crippen LogP contribution in [0.1, 0.15) is 79.1 Å². The van der Waals surface area contributed by atoms with Crippen molar-refractivity contribution in [3.63, 3.8) is 0 Å². The second kappa shape index (κ2) is 6.81. The minimum absolute atomic E-state index is 0.155. The molecule has 0 aromatic carbocycles. The first-order valence-electron chi connectivity index (χ1n) is 13.1. The first-order valence-corrected chi connectivity index (χ1v) is 13.1. The SMILES string of the molecule is C[C@@H]1CC[C@]2(OC1)O[C@H]1C[C@H]3[C@@H]4CC=C5C[C@H](O)C[C@@H](O)[C@]5(C)[C@H]4CC[C@]3(C)[C@H]1[C@@H]2C. The van der Waals surface area contributed by atoms with Gasteiger partial charge in [0.1, 0.15) is 0 Å². The number of fused-ring (bicyclic) bond motifs is 7. The molecular formula is C27H42O4. The van der Waals surface area contributed by atoms with Crippen molar-refractivity contribution in [3.8, 4) is 0 Å². The van der Waals surface area contributed by atoms with E-state index >= 15 is 0 Å². The van der Waals surface area contributed by atoms with Crippen LogP contribution in [0.25, 0.3) is 0 Å². The average molecular weight is 431 g/mol. The zero-order chi connectivity index (χ0) is 21.8. The standard InChI is InChI=1S/C27H42O4/c1-15-7-10-27(30-14-15)16(2)24-22(31-27)13-21-19-6-5-17-11-18(28)12-23(29)26(17,4)20(19)8-9-25(21,24)3/h5,15-16,18-24,28-29H,6-14H2,1-4H3/t15-,16+,18+,19-,20+,21+,22+,23-,24+,25+,26+,27+/m1/s1. The van der Waals surface area contributed by atoms with Gasteiger partial charge in [-0.3, -0.25) is 0 Å². The first kappa shape index (κ1) is 21.1. The molecule has 0 radical (unpaired) electrons. The molecular weight excluding hydrogens is 388 g/mol. The third-order valence-corrected chi connectivity index (χ3v) is 11.4. The van der Waals surface area contributed by atoms with Gasteiger partial charge < -0.3 is 19.7 Å². The molecule has 0 aromatic heterocycles. The summed E-state index contributed by atoms with van der Waals surface area (Å²) < 4.78 is 13.3. The van der Waals surface area contributed by atoms with Crippen molar-refractivity contribution in [2.75, 3.05) is 6.61 Å². The van der Waals surface area contributed by atoms with Crippen LogP contribution in [-0.2, 0) is 9.47 Å². The van der Waals surface area contributed by atoms with Gasteiger partial charge in [-0.05, 0) is 73.5 Å². The fourth-order valence-electron chi connectivity index (χ4n) is 9.72. The van der Waals surface area contributed by atoms with Gasteiger partial charge in [-0.1, -0.05) is 39.3 Å². The Hall–Kier alpha value is -0.420. The van der Waals surface area contributed by atoms with Gasteiger partial charge >= 0.3 is 0 Å². The number of ether oxygens (including phenoxy) is 2. The molecule has 4 nitrogen and oxygen atoms in total. The first-order chi connectivity index (χ1) is 14.7. The maximum absolute atomic E-state index is 11.1. The molecule has 4 heteroatoms. The Kier molecular flexibility index (Phi) is 4.64. The van der Waals surface area contributed by atoms with Gasteiger partial charge in [-0.15, -0.1) is 0 Å². The molecule has 2 heterocycles. The van der Waals surface area contributed by atoms with Gasteiger partial charge in [0, 0.05) is 24.2 Å². The van der Waals surface area contributed by atoms with Crippen LogP contribution in [0.15, 0.2) is 11.6 Å². The van der Waals surface area contributed by atoms with Gasteiger partial charge in [0.05, 0.1) is 24.9 Å². The number of hydrogen-bond donors (Lipinski definition) is 2. The van der Waals surface area contributed by atoms with Crippen molar-refractivity contribution in [2.24, 2.45) is 46.3 Å². The molecule has 0 amide bonds. The van der Waals surface area contributed by atoms with Crippen molar-refractivity contribution in [3.05, 3.63) is 11.6 Å². The fourth-order valence-corrected chi connectivity index (χ4v) is 9.72. The Morgan fingerprint density at radius 2 is 1.84 bits per heavy atom. The third-order valence-electron chi connectivity index (χ3n) is 11.4. The Bertz CT molecular complexity index is 769. The number of hydrogen-bond acceptors (Lipinski definition) is 4.